The van der Waals surface area contributed by atoms with Crippen molar-refractivity contribution in [1.82, 2.24) is 20.1 Å². The van der Waals surface area contributed by atoms with Crippen molar-refractivity contribution in [2.75, 3.05) is 6.54 Å². The third-order valence-electron chi connectivity index (χ3n) is 3.56. The van der Waals surface area contributed by atoms with Crippen LogP contribution in [0.4, 0.5) is 0 Å². The summed E-state index contributed by atoms with van der Waals surface area (Å²) in [5, 5.41) is 7.21. The molecule has 0 aliphatic rings. The van der Waals surface area contributed by atoms with E-state index in [9.17, 15) is 9.59 Å². The molecule has 2 aromatic rings. The molecule has 6 heteroatoms. The van der Waals surface area contributed by atoms with Crippen molar-refractivity contribution < 1.29 is 4.79 Å². The Morgan fingerprint density at radius 1 is 1.43 bits per heavy atom. The number of hydrogen-bond acceptors (Lipinski definition) is 3. The van der Waals surface area contributed by atoms with E-state index in [4.69, 9.17) is 0 Å². The summed E-state index contributed by atoms with van der Waals surface area (Å²) in [7, 11) is 0. The summed E-state index contributed by atoms with van der Waals surface area (Å²) < 4.78 is 1.89. The van der Waals surface area contributed by atoms with Crippen molar-refractivity contribution >= 4 is 5.91 Å². The smallest absolute Gasteiger partial charge is 0.260 e. The molecule has 0 bridgehead atoms. The first-order valence-electron chi connectivity index (χ1n) is 7.03. The molecule has 0 fully saturated rings. The van der Waals surface area contributed by atoms with Gasteiger partial charge in [-0.15, -0.1) is 0 Å². The van der Waals surface area contributed by atoms with Crippen molar-refractivity contribution in [3.63, 3.8) is 0 Å². The fraction of sp³-hybridized carbons (Fsp3) is 0.400. The highest BCUT2D eigenvalue weighted by molar-refractivity contribution is 5.93. The van der Waals surface area contributed by atoms with Crippen LogP contribution in [0.25, 0.3) is 0 Å². The number of aryl methyl sites for hydroxylation is 1. The van der Waals surface area contributed by atoms with Gasteiger partial charge in [-0.25, -0.2) is 0 Å². The first-order valence-corrected chi connectivity index (χ1v) is 7.03. The second-order valence-corrected chi connectivity index (χ2v) is 4.89. The normalized spacial score (nSPS) is 10.6. The lowest BCUT2D eigenvalue weighted by atomic mass is 10.1. The molecular weight excluding hydrogens is 268 g/mol. The van der Waals surface area contributed by atoms with Crippen LogP contribution >= 0.6 is 0 Å². The molecule has 21 heavy (non-hydrogen) atoms. The number of aromatic amines is 1. The first kappa shape index (κ1) is 15.0. The lowest BCUT2D eigenvalue weighted by molar-refractivity contribution is 0.0950. The van der Waals surface area contributed by atoms with E-state index in [1.165, 1.54) is 17.8 Å². The van der Waals surface area contributed by atoms with E-state index in [1.54, 1.807) is 6.07 Å². The summed E-state index contributed by atoms with van der Waals surface area (Å²) in [6.07, 6.45) is 2.45. The minimum atomic E-state index is -0.380. The Hall–Kier alpha value is -2.37. The molecule has 0 atom stereocenters. The average molecular weight is 288 g/mol. The number of rotatable bonds is 5. The molecular formula is C15H20N4O2. The van der Waals surface area contributed by atoms with Gasteiger partial charge in [0.25, 0.3) is 11.5 Å². The SMILES string of the molecule is CCc1c(C)nn(CCNC(=O)c2ccc[nH]c2=O)c1C. The van der Waals surface area contributed by atoms with Crippen LogP contribution in [0.15, 0.2) is 23.1 Å². The van der Waals surface area contributed by atoms with Crippen molar-refractivity contribution in [3.05, 3.63) is 51.2 Å². The van der Waals surface area contributed by atoms with Crippen molar-refractivity contribution in [2.24, 2.45) is 0 Å². The molecule has 0 saturated carbocycles. The highest BCUT2D eigenvalue weighted by atomic mass is 16.2. The number of aromatic nitrogens is 3. The molecule has 2 rings (SSSR count). The summed E-state index contributed by atoms with van der Waals surface area (Å²) in [5.41, 5.74) is 3.15. The maximum absolute atomic E-state index is 11.9. The monoisotopic (exact) mass is 288 g/mol. The lowest BCUT2D eigenvalue weighted by Gasteiger charge is -2.07. The maximum Gasteiger partial charge on any atom is 0.260 e. The van der Waals surface area contributed by atoms with Gasteiger partial charge in [-0.3, -0.25) is 14.3 Å². The highest BCUT2D eigenvalue weighted by Crippen LogP contribution is 2.12. The number of amides is 1. The Labute approximate surface area is 123 Å². The molecule has 0 unspecified atom stereocenters. The number of hydrogen-bond donors (Lipinski definition) is 2. The Kier molecular flexibility index (Phi) is 4.57. The molecule has 2 aromatic heterocycles. The minimum Gasteiger partial charge on any atom is -0.350 e. The van der Waals surface area contributed by atoms with Crippen LogP contribution in [0.2, 0.25) is 0 Å². The fourth-order valence-electron chi connectivity index (χ4n) is 2.43. The second-order valence-electron chi connectivity index (χ2n) is 4.89. The predicted octanol–water partition coefficient (Wildman–Crippen LogP) is 1.18. The topological polar surface area (TPSA) is 79.8 Å². The van der Waals surface area contributed by atoms with Gasteiger partial charge in [-0.1, -0.05) is 6.92 Å². The van der Waals surface area contributed by atoms with Gasteiger partial charge in [0.2, 0.25) is 0 Å². The van der Waals surface area contributed by atoms with Gasteiger partial charge in [0.15, 0.2) is 0 Å². The van der Waals surface area contributed by atoms with Crippen molar-refractivity contribution in [3.8, 4) is 0 Å². The van der Waals surface area contributed by atoms with Crippen LogP contribution in [0, 0.1) is 13.8 Å². The largest absolute Gasteiger partial charge is 0.350 e. The summed E-state index contributed by atoms with van der Waals surface area (Å²) in [5.74, 6) is -0.367. The van der Waals surface area contributed by atoms with E-state index >= 15 is 0 Å². The zero-order chi connectivity index (χ0) is 15.4. The second kappa shape index (κ2) is 6.39. The summed E-state index contributed by atoms with van der Waals surface area (Å²) in [6, 6.07) is 3.14. The van der Waals surface area contributed by atoms with Gasteiger partial charge in [0.1, 0.15) is 5.56 Å². The van der Waals surface area contributed by atoms with Crippen LogP contribution in [0.1, 0.15) is 34.2 Å². The van der Waals surface area contributed by atoms with Gasteiger partial charge in [0, 0.05) is 18.4 Å². The van der Waals surface area contributed by atoms with Gasteiger partial charge in [-0.2, -0.15) is 5.10 Å². The zero-order valence-electron chi connectivity index (χ0n) is 12.6. The molecule has 1 amide bonds. The van der Waals surface area contributed by atoms with E-state index in [0.717, 1.165) is 17.8 Å². The van der Waals surface area contributed by atoms with E-state index in [-0.39, 0.29) is 17.0 Å². The number of carbonyl (C=O) groups excluding carboxylic acids is 1. The summed E-state index contributed by atoms with van der Waals surface area (Å²) >= 11 is 0. The van der Waals surface area contributed by atoms with Crippen LogP contribution in [-0.4, -0.2) is 27.2 Å². The molecule has 0 radical (unpaired) electrons. The lowest BCUT2D eigenvalue weighted by Crippen LogP contribution is -2.32. The Balaban J connectivity index is 1.98. The standard InChI is InChI=1S/C15H20N4O2/c1-4-12-10(2)18-19(11(12)3)9-8-17-15(21)13-6-5-7-16-14(13)20/h5-7H,4,8-9H2,1-3H3,(H,16,20)(H,17,21). The quantitative estimate of drug-likeness (QED) is 0.867. The number of H-pyrrole nitrogens is 1. The minimum absolute atomic E-state index is 0.125. The molecule has 2 N–H and O–H groups in total. The number of nitrogens with one attached hydrogen (secondary N) is 2. The van der Waals surface area contributed by atoms with Crippen LogP contribution < -0.4 is 10.9 Å². The van der Waals surface area contributed by atoms with E-state index in [1.807, 2.05) is 18.5 Å². The van der Waals surface area contributed by atoms with Crippen molar-refractivity contribution in [1.29, 1.82) is 0 Å². The average Bonchev–Trinajstić information content (AvgIpc) is 2.73. The third kappa shape index (κ3) is 3.21. The maximum atomic E-state index is 11.9. The van der Waals surface area contributed by atoms with Gasteiger partial charge >= 0.3 is 0 Å². The number of nitrogens with zero attached hydrogens (tertiary/aromatic N) is 2. The molecule has 0 aliphatic carbocycles. The van der Waals surface area contributed by atoms with E-state index in [2.05, 4.69) is 22.3 Å². The summed E-state index contributed by atoms with van der Waals surface area (Å²) in [4.78, 5) is 25.9. The number of carbonyl (C=O) groups is 1. The van der Waals surface area contributed by atoms with Crippen LogP contribution in [-0.2, 0) is 13.0 Å². The molecule has 112 valence electrons. The van der Waals surface area contributed by atoms with E-state index < -0.39 is 0 Å². The highest BCUT2D eigenvalue weighted by Gasteiger charge is 2.11. The zero-order valence-corrected chi connectivity index (χ0v) is 12.6. The molecule has 6 nitrogen and oxygen atoms in total. The van der Waals surface area contributed by atoms with Gasteiger partial charge in [0.05, 0.1) is 12.2 Å². The fourth-order valence-corrected chi connectivity index (χ4v) is 2.43. The predicted molar refractivity (Wildman–Crippen MR) is 80.5 cm³/mol. The Bertz CT molecular complexity index is 700. The molecule has 2 heterocycles. The summed E-state index contributed by atoms with van der Waals surface area (Å²) in [6.45, 7) is 7.14. The molecule has 0 saturated heterocycles. The number of pyridine rings is 1. The van der Waals surface area contributed by atoms with Gasteiger partial charge < -0.3 is 10.3 Å². The molecule has 0 aromatic carbocycles. The van der Waals surface area contributed by atoms with Gasteiger partial charge in [-0.05, 0) is 38.0 Å². The van der Waals surface area contributed by atoms with E-state index in [0.29, 0.717) is 13.1 Å². The molecule has 0 aliphatic heterocycles. The first-order chi connectivity index (χ1) is 10.0. The third-order valence-corrected chi connectivity index (χ3v) is 3.56. The Morgan fingerprint density at radius 3 is 2.81 bits per heavy atom. The van der Waals surface area contributed by atoms with Crippen LogP contribution in [0.5, 0.6) is 0 Å². The van der Waals surface area contributed by atoms with Crippen molar-refractivity contribution in [2.45, 2.75) is 33.7 Å². The van der Waals surface area contributed by atoms with Crippen LogP contribution in [0.3, 0.4) is 0 Å². The molecule has 0 spiro atoms. The Morgan fingerprint density at radius 2 is 2.19 bits per heavy atom.